The molecule has 0 saturated carbocycles. The minimum absolute atomic E-state index is 0.481. The van der Waals surface area contributed by atoms with Gasteiger partial charge in [0.15, 0.2) is 0 Å². The Bertz CT molecular complexity index is 520. The molecule has 1 saturated heterocycles. The summed E-state index contributed by atoms with van der Waals surface area (Å²) in [6.07, 6.45) is 0. The van der Waals surface area contributed by atoms with E-state index in [-0.39, 0.29) is 0 Å². The van der Waals surface area contributed by atoms with E-state index in [4.69, 9.17) is 0 Å². The fourth-order valence-electron chi connectivity index (χ4n) is 4.14. The second-order valence-electron chi connectivity index (χ2n) is 8.65. The lowest BCUT2D eigenvalue weighted by molar-refractivity contribution is -0.0205. The van der Waals surface area contributed by atoms with E-state index in [9.17, 15) is 0 Å². The number of nitrogens with zero attached hydrogens (tertiary/aromatic N) is 2. The highest BCUT2D eigenvalue weighted by Gasteiger charge is 2.36. The molecule has 0 aliphatic carbocycles. The van der Waals surface area contributed by atoms with Crippen molar-refractivity contribution in [2.75, 3.05) is 13.1 Å². The van der Waals surface area contributed by atoms with Gasteiger partial charge in [0, 0.05) is 37.3 Å². The number of benzene rings is 1. The molecule has 0 unspecified atom stereocenters. The van der Waals surface area contributed by atoms with Crippen LogP contribution in [0.25, 0.3) is 0 Å². The van der Waals surface area contributed by atoms with Crippen LogP contribution in [0, 0.1) is 5.92 Å². The maximum atomic E-state index is 2.73. The highest BCUT2D eigenvalue weighted by molar-refractivity contribution is 5.28. The van der Waals surface area contributed by atoms with E-state index in [2.05, 4.69) is 89.5 Å². The first kappa shape index (κ1) is 19.5. The highest BCUT2D eigenvalue weighted by Crippen LogP contribution is 2.31. The van der Waals surface area contributed by atoms with Gasteiger partial charge >= 0.3 is 0 Å². The van der Waals surface area contributed by atoms with Crippen molar-refractivity contribution < 1.29 is 0 Å². The summed E-state index contributed by atoms with van der Waals surface area (Å²) in [6.45, 7) is 21.1. The van der Waals surface area contributed by atoms with E-state index in [0.717, 1.165) is 0 Å². The molecule has 1 aromatic rings. The molecule has 1 aliphatic heterocycles. The molecule has 0 bridgehead atoms. The van der Waals surface area contributed by atoms with Crippen LogP contribution >= 0.6 is 0 Å². The third kappa shape index (κ3) is 4.21. The molecule has 1 aromatic carbocycles. The van der Waals surface area contributed by atoms with Gasteiger partial charge in [-0.05, 0) is 50.7 Å². The van der Waals surface area contributed by atoms with Gasteiger partial charge in [-0.1, -0.05) is 52.0 Å². The molecule has 24 heavy (non-hydrogen) atoms. The zero-order valence-corrected chi connectivity index (χ0v) is 17.1. The predicted octanol–water partition coefficient (Wildman–Crippen LogP) is 5.31. The van der Waals surface area contributed by atoms with E-state index in [1.807, 2.05) is 0 Å². The van der Waals surface area contributed by atoms with Gasteiger partial charge < -0.3 is 0 Å². The van der Waals surface area contributed by atoms with Crippen molar-refractivity contribution in [3.63, 3.8) is 0 Å². The minimum atomic E-state index is 0.481. The fraction of sp³-hybridized carbons (Fsp3) is 0.727. The van der Waals surface area contributed by atoms with Crippen LogP contribution in [0.5, 0.6) is 0 Å². The molecular formula is C22H38N2. The first-order valence-corrected chi connectivity index (χ1v) is 9.83. The smallest absolute Gasteiger partial charge is 0.0324 e. The molecule has 136 valence electrons. The van der Waals surface area contributed by atoms with Gasteiger partial charge in [0.05, 0.1) is 0 Å². The van der Waals surface area contributed by atoms with Crippen LogP contribution in [0.1, 0.15) is 78.5 Å². The molecule has 0 spiro atoms. The topological polar surface area (TPSA) is 6.48 Å². The zero-order chi connectivity index (χ0) is 18.0. The number of hydrogen-bond acceptors (Lipinski definition) is 2. The van der Waals surface area contributed by atoms with Crippen molar-refractivity contribution in [3.8, 4) is 0 Å². The number of rotatable bonds is 5. The SMILES string of the molecule is CC(C)c1cccc([C@@H](C)N2C[C@@H](C(C)C)N(C(C)C)C[C@H]2C)c1. The Morgan fingerprint density at radius 2 is 1.50 bits per heavy atom. The molecule has 2 nitrogen and oxygen atoms in total. The summed E-state index contributed by atoms with van der Waals surface area (Å²) >= 11 is 0. The Kier molecular flexibility index (Phi) is 6.50. The zero-order valence-electron chi connectivity index (χ0n) is 17.1. The molecule has 2 heteroatoms. The molecule has 0 radical (unpaired) electrons. The molecule has 2 rings (SSSR count). The average molecular weight is 331 g/mol. The number of piperazine rings is 1. The van der Waals surface area contributed by atoms with Crippen LogP contribution in [0.3, 0.4) is 0 Å². The van der Waals surface area contributed by atoms with Gasteiger partial charge in [0.25, 0.3) is 0 Å². The second kappa shape index (κ2) is 8.01. The number of hydrogen-bond donors (Lipinski definition) is 0. The first-order chi connectivity index (χ1) is 11.2. The van der Waals surface area contributed by atoms with E-state index in [0.29, 0.717) is 36.0 Å². The quantitative estimate of drug-likeness (QED) is 0.722. The molecule has 0 amide bonds. The molecule has 0 N–H and O–H groups in total. The van der Waals surface area contributed by atoms with E-state index in [1.54, 1.807) is 0 Å². The Morgan fingerprint density at radius 3 is 2.04 bits per heavy atom. The summed E-state index contributed by atoms with van der Waals surface area (Å²) in [4.78, 5) is 5.44. The molecule has 3 atom stereocenters. The largest absolute Gasteiger partial charge is 0.295 e. The normalized spacial score (nSPS) is 25.0. The minimum Gasteiger partial charge on any atom is -0.295 e. The van der Waals surface area contributed by atoms with Gasteiger partial charge in [-0.2, -0.15) is 0 Å². The van der Waals surface area contributed by atoms with Crippen LogP contribution in [0.15, 0.2) is 24.3 Å². The molecule has 1 aliphatic rings. The van der Waals surface area contributed by atoms with Crippen LogP contribution in [-0.2, 0) is 0 Å². The second-order valence-corrected chi connectivity index (χ2v) is 8.65. The molecule has 1 fully saturated rings. The summed E-state index contributed by atoms with van der Waals surface area (Å²) in [6, 6.07) is 11.6. The Morgan fingerprint density at radius 1 is 0.875 bits per heavy atom. The Hall–Kier alpha value is -0.860. The van der Waals surface area contributed by atoms with Crippen molar-refractivity contribution in [2.24, 2.45) is 5.92 Å². The van der Waals surface area contributed by atoms with Crippen LogP contribution in [-0.4, -0.2) is 41.0 Å². The molecule has 1 heterocycles. The molecule has 0 aromatic heterocycles. The summed E-state index contributed by atoms with van der Waals surface area (Å²) in [5.74, 6) is 1.28. The average Bonchev–Trinajstić information content (AvgIpc) is 2.53. The summed E-state index contributed by atoms with van der Waals surface area (Å²) < 4.78 is 0. The van der Waals surface area contributed by atoms with E-state index in [1.165, 1.54) is 24.2 Å². The lowest BCUT2D eigenvalue weighted by Gasteiger charge is -2.50. The van der Waals surface area contributed by atoms with Crippen LogP contribution < -0.4 is 0 Å². The maximum Gasteiger partial charge on any atom is 0.0324 e. The van der Waals surface area contributed by atoms with Crippen LogP contribution in [0.2, 0.25) is 0 Å². The van der Waals surface area contributed by atoms with Crippen molar-refractivity contribution in [1.82, 2.24) is 9.80 Å². The summed E-state index contributed by atoms with van der Waals surface area (Å²) in [5, 5.41) is 0. The Labute approximate surface area is 150 Å². The third-order valence-corrected chi connectivity index (χ3v) is 5.86. The van der Waals surface area contributed by atoms with Crippen molar-refractivity contribution >= 4 is 0 Å². The standard InChI is InChI=1S/C22H38N2/c1-15(2)20-10-9-11-21(12-20)19(8)24-14-22(16(3)4)23(17(5)6)13-18(24)7/h9-12,15-19,22H,13-14H2,1-8H3/t18-,19-,22+/m1/s1. The van der Waals surface area contributed by atoms with E-state index < -0.39 is 0 Å². The summed E-state index contributed by atoms with van der Waals surface area (Å²) in [7, 11) is 0. The van der Waals surface area contributed by atoms with Crippen molar-refractivity contribution in [2.45, 2.75) is 85.5 Å². The first-order valence-electron chi connectivity index (χ1n) is 9.83. The van der Waals surface area contributed by atoms with Crippen molar-refractivity contribution in [1.29, 1.82) is 0 Å². The van der Waals surface area contributed by atoms with Gasteiger partial charge in [0.1, 0.15) is 0 Å². The Balaban J connectivity index is 2.22. The van der Waals surface area contributed by atoms with Crippen LogP contribution in [0.4, 0.5) is 0 Å². The van der Waals surface area contributed by atoms with Gasteiger partial charge in [-0.25, -0.2) is 0 Å². The lowest BCUT2D eigenvalue weighted by Crippen LogP contribution is -2.61. The van der Waals surface area contributed by atoms with E-state index >= 15 is 0 Å². The monoisotopic (exact) mass is 330 g/mol. The fourth-order valence-corrected chi connectivity index (χ4v) is 4.14. The van der Waals surface area contributed by atoms with Gasteiger partial charge in [-0.15, -0.1) is 0 Å². The molecular weight excluding hydrogens is 292 g/mol. The lowest BCUT2D eigenvalue weighted by atomic mass is 9.92. The van der Waals surface area contributed by atoms with Crippen molar-refractivity contribution in [3.05, 3.63) is 35.4 Å². The summed E-state index contributed by atoms with van der Waals surface area (Å²) in [5.41, 5.74) is 2.92. The van der Waals surface area contributed by atoms with Gasteiger partial charge in [-0.3, -0.25) is 9.80 Å². The van der Waals surface area contributed by atoms with Gasteiger partial charge in [0.2, 0.25) is 0 Å². The highest BCUT2D eigenvalue weighted by atomic mass is 15.3. The predicted molar refractivity (Wildman–Crippen MR) is 106 cm³/mol. The maximum absolute atomic E-state index is 2.73. The third-order valence-electron chi connectivity index (χ3n) is 5.86.